The van der Waals surface area contributed by atoms with E-state index in [4.69, 9.17) is 34.8 Å². The van der Waals surface area contributed by atoms with Gasteiger partial charge < -0.3 is 0 Å². The molecule has 0 N–H and O–H groups in total. The van der Waals surface area contributed by atoms with E-state index < -0.39 is 0 Å². The van der Waals surface area contributed by atoms with Crippen LogP contribution in [0.25, 0.3) is 0 Å². The van der Waals surface area contributed by atoms with Crippen LogP contribution in [0.4, 0.5) is 0 Å². The molecule has 1 unspecified atom stereocenters. The molecule has 0 aliphatic carbocycles. The van der Waals surface area contributed by atoms with E-state index >= 15 is 0 Å². The predicted octanol–water partition coefficient (Wildman–Crippen LogP) is 5.30. The molecule has 3 nitrogen and oxygen atoms in total. The summed E-state index contributed by atoms with van der Waals surface area (Å²) in [5, 5.41) is 0. The normalized spacial score (nSPS) is 12.0. The third-order valence-electron chi connectivity index (χ3n) is 4.58. The Hall–Kier alpha value is -1.35. The Balaban J connectivity index is 2.39. The summed E-state index contributed by atoms with van der Waals surface area (Å²) in [7, 11) is 2.02. The van der Waals surface area contributed by atoms with Crippen molar-refractivity contribution in [3.63, 3.8) is 0 Å². The molecule has 0 bridgehead atoms. The second-order valence-electron chi connectivity index (χ2n) is 6.41. The van der Waals surface area contributed by atoms with E-state index in [1.54, 1.807) is 6.08 Å². The molecule has 6 heteroatoms. The van der Waals surface area contributed by atoms with Crippen LogP contribution in [-0.4, -0.2) is 36.3 Å². The van der Waals surface area contributed by atoms with E-state index in [1.807, 2.05) is 31.3 Å². The molecule has 0 saturated heterocycles. The lowest BCUT2D eigenvalue weighted by Gasteiger charge is -2.27. The smallest absolute Gasteiger partial charge is 0.235 e. The molecule has 2 aromatic carbocycles. The molecular weight excluding hydrogens is 403 g/mol. The Morgan fingerprint density at radius 1 is 1.07 bits per heavy atom. The summed E-state index contributed by atoms with van der Waals surface area (Å²) in [6, 6.07) is 14.5. The van der Waals surface area contributed by atoms with Crippen molar-refractivity contribution in [3.05, 3.63) is 70.3 Å². The van der Waals surface area contributed by atoms with Crippen LogP contribution < -0.4 is 0 Å². The lowest BCUT2D eigenvalue weighted by Crippen LogP contribution is -2.28. The molecule has 0 saturated carbocycles. The molecule has 0 aliphatic heterocycles. The van der Waals surface area contributed by atoms with Crippen LogP contribution in [0.3, 0.4) is 0 Å². The summed E-state index contributed by atoms with van der Waals surface area (Å²) in [6.45, 7) is 1.07. The van der Waals surface area contributed by atoms with Gasteiger partial charge in [-0.1, -0.05) is 42.5 Å². The minimum atomic E-state index is 0.0713. The predicted molar refractivity (Wildman–Crippen MR) is 114 cm³/mol. The van der Waals surface area contributed by atoms with Gasteiger partial charge in [-0.2, -0.15) is 0 Å². The summed E-state index contributed by atoms with van der Waals surface area (Å²) in [4.78, 5) is 16.5. The van der Waals surface area contributed by atoms with Crippen molar-refractivity contribution in [3.8, 4) is 0 Å². The molecule has 0 fully saturated rings. The first-order chi connectivity index (χ1) is 13.1. The summed E-state index contributed by atoms with van der Waals surface area (Å²) in [5.41, 5.74) is 5.50. The summed E-state index contributed by atoms with van der Waals surface area (Å²) in [5.74, 6) is 1.50. The third-order valence-corrected chi connectivity index (χ3v) is 5.35. The maximum atomic E-state index is 10.6. The largest absolute Gasteiger partial charge is 0.297 e. The number of halogens is 3. The lowest BCUT2D eigenvalue weighted by molar-refractivity contribution is 0.280. The molecule has 144 valence electrons. The van der Waals surface area contributed by atoms with Crippen molar-refractivity contribution >= 4 is 40.9 Å². The number of benzene rings is 2. The topological polar surface area (TPSA) is 32.7 Å². The summed E-state index contributed by atoms with van der Waals surface area (Å²) in [6.07, 6.45) is 2.36. The van der Waals surface area contributed by atoms with Crippen molar-refractivity contribution in [1.29, 1.82) is 0 Å². The van der Waals surface area contributed by atoms with Gasteiger partial charge >= 0.3 is 0 Å². The van der Waals surface area contributed by atoms with Crippen molar-refractivity contribution in [1.82, 2.24) is 4.90 Å². The summed E-state index contributed by atoms with van der Waals surface area (Å²) < 4.78 is 0. The van der Waals surface area contributed by atoms with Crippen LogP contribution >= 0.6 is 34.8 Å². The minimum Gasteiger partial charge on any atom is -0.297 e. The molecule has 27 heavy (non-hydrogen) atoms. The van der Waals surface area contributed by atoms with E-state index in [-0.39, 0.29) is 6.04 Å². The highest BCUT2D eigenvalue weighted by atomic mass is 35.5. The van der Waals surface area contributed by atoms with Gasteiger partial charge in [-0.15, -0.1) is 34.8 Å². The van der Waals surface area contributed by atoms with Gasteiger partial charge in [-0.05, 0) is 41.3 Å². The number of hydrogen-bond acceptors (Lipinski definition) is 3. The second-order valence-corrected chi connectivity index (χ2v) is 7.36. The zero-order valence-corrected chi connectivity index (χ0v) is 17.6. The van der Waals surface area contributed by atoms with Crippen LogP contribution in [0.15, 0.2) is 47.5 Å². The number of carbonyl (C=O) groups excluding carboxylic acids is 1. The van der Waals surface area contributed by atoms with Gasteiger partial charge in [0.25, 0.3) is 0 Å². The quantitative estimate of drug-likeness (QED) is 0.294. The zero-order valence-electron chi connectivity index (χ0n) is 15.3. The Morgan fingerprint density at radius 2 is 1.85 bits per heavy atom. The van der Waals surface area contributed by atoms with Crippen molar-refractivity contribution in [2.45, 2.75) is 24.9 Å². The number of rotatable bonds is 10. The Kier molecular flexibility index (Phi) is 9.33. The van der Waals surface area contributed by atoms with Crippen LogP contribution in [0.5, 0.6) is 0 Å². The Labute approximate surface area is 175 Å². The van der Waals surface area contributed by atoms with Crippen LogP contribution in [0, 0.1) is 0 Å². The third kappa shape index (κ3) is 6.34. The van der Waals surface area contributed by atoms with Crippen LogP contribution in [0.2, 0.25) is 0 Å². The van der Waals surface area contributed by atoms with E-state index in [0.29, 0.717) is 24.2 Å². The summed E-state index contributed by atoms with van der Waals surface area (Å²) >= 11 is 18.1. The molecule has 0 amide bonds. The van der Waals surface area contributed by atoms with E-state index in [0.717, 1.165) is 40.8 Å². The van der Waals surface area contributed by atoms with Crippen LogP contribution in [0.1, 0.15) is 33.9 Å². The molecule has 0 aromatic heterocycles. The van der Waals surface area contributed by atoms with E-state index in [9.17, 15) is 4.79 Å². The number of aliphatic imine (C=N–C) groups is 1. The average molecular weight is 426 g/mol. The fourth-order valence-electron chi connectivity index (χ4n) is 3.08. The van der Waals surface area contributed by atoms with Gasteiger partial charge in [0, 0.05) is 30.2 Å². The van der Waals surface area contributed by atoms with Crippen molar-refractivity contribution in [2.24, 2.45) is 4.99 Å². The van der Waals surface area contributed by atoms with Crippen molar-refractivity contribution in [2.75, 3.05) is 25.4 Å². The number of nitrogens with zero attached hydrogens (tertiary/aromatic N) is 2. The molecule has 2 aromatic rings. The molecular formula is C21H23Cl3N2O. The SMILES string of the molecule is CN(CCCl)C(CCl)c1ccc(CN=C=O)c(Cc2cccc(CCl)c2)c1. The first kappa shape index (κ1) is 21.9. The maximum Gasteiger partial charge on any atom is 0.235 e. The van der Waals surface area contributed by atoms with E-state index in [1.165, 1.54) is 0 Å². The molecule has 2 rings (SSSR count). The highest BCUT2D eigenvalue weighted by Gasteiger charge is 2.17. The van der Waals surface area contributed by atoms with Gasteiger partial charge in [0.05, 0.1) is 6.54 Å². The number of isocyanates is 1. The zero-order chi connectivity index (χ0) is 19.6. The van der Waals surface area contributed by atoms with Gasteiger partial charge in [0.1, 0.15) is 0 Å². The van der Waals surface area contributed by atoms with Gasteiger partial charge in [0.15, 0.2) is 0 Å². The second kappa shape index (κ2) is 11.5. The van der Waals surface area contributed by atoms with Gasteiger partial charge in [0.2, 0.25) is 6.08 Å². The Morgan fingerprint density at radius 3 is 2.52 bits per heavy atom. The lowest BCUT2D eigenvalue weighted by atomic mass is 9.94. The standard InChI is InChI=1S/C21H23Cl3N2O/c1-26(8-7-22)21(13-24)18-5-6-19(14-25-15-27)20(11-18)10-16-3-2-4-17(9-16)12-23/h2-6,9,11,21H,7-8,10,12-14H2,1H3. The molecule has 0 aliphatic rings. The van der Waals surface area contributed by atoms with Crippen molar-refractivity contribution < 1.29 is 4.79 Å². The average Bonchev–Trinajstić information content (AvgIpc) is 2.68. The minimum absolute atomic E-state index is 0.0713. The first-order valence-electron chi connectivity index (χ1n) is 8.74. The number of alkyl halides is 3. The first-order valence-corrected chi connectivity index (χ1v) is 10.3. The molecule has 0 spiro atoms. The highest BCUT2D eigenvalue weighted by Crippen LogP contribution is 2.26. The van der Waals surface area contributed by atoms with Gasteiger partial charge in [-0.25, -0.2) is 9.79 Å². The van der Waals surface area contributed by atoms with Crippen LogP contribution in [-0.2, 0) is 23.6 Å². The Bertz CT molecular complexity index is 791. The highest BCUT2D eigenvalue weighted by molar-refractivity contribution is 6.18. The number of hydrogen-bond donors (Lipinski definition) is 0. The molecule has 0 heterocycles. The monoisotopic (exact) mass is 424 g/mol. The molecule has 1 atom stereocenters. The maximum absolute atomic E-state index is 10.6. The fraction of sp³-hybridized carbons (Fsp3) is 0.381. The fourth-order valence-corrected chi connectivity index (χ4v) is 3.93. The molecule has 0 radical (unpaired) electrons. The van der Waals surface area contributed by atoms with Gasteiger partial charge in [-0.3, -0.25) is 4.90 Å². The van der Waals surface area contributed by atoms with E-state index in [2.05, 4.69) is 28.1 Å².